The maximum atomic E-state index is 11.7. The fourth-order valence-corrected chi connectivity index (χ4v) is 3.62. The van der Waals surface area contributed by atoms with Crippen LogP contribution in [0.3, 0.4) is 0 Å². The molecule has 23 heavy (non-hydrogen) atoms. The molecule has 0 heterocycles. The second-order valence-corrected chi connectivity index (χ2v) is 8.01. The first kappa shape index (κ1) is 17.6. The van der Waals surface area contributed by atoms with Gasteiger partial charge in [0.15, 0.2) is 6.79 Å². The Morgan fingerprint density at radius 1 is 0.609 bits per heavy atom. The average molecular weight is 356 g/mol. The normalized spacial score (nSPS) is 12.2. The van der Waals surface area contributed by atoms with Gasteiger partial charge in [0.2, 0.25) is 0 Å². The van der Waals surface area contributed by atoms with Gasteiger partial charge in [-0.15, -0.1) is 0 Å². The van der Waals surface area contributed by atoms with E-state index in [1.807, 2.05) is 0 Å². The Morgan fingerprint density at radius 3 is 1.30 bits per heavy atom. The zero-order chi connectivity index (χ0) is 16.8. The summed E-state index contributed by atoms with van der Waals surface area (Å²) < 4.78 is 56.1. The Labute approximate surface area is 135 Å². The molecule has 0 fully saturated rings. The minimum Gasteiger partial charge on any atom is -0.240 e. The molecule has 0 bridgehead atoms. The van der Waals surface area contributed by atoms with E-state index in [-0.39, 0.29) is 11.5 Å². The second-order valence-electron chi connectivity index (χ2n) is 4.73. The van der Waals surface area contributed by atoms with Crippen molar-refractivity contribution in [2.75, 3.05) is 6.79 Å². The van der Waals surface area contributed by atoms with Crippen LogP contribution in [0.1, 0.15) is 11.1 Å². The van der Waals surface area contributed by atoms with Gasteiger partial charge >= 0.3 is 0 Å². The van der Waals surface area contributed by atoms with Crippen molar-refractivity contribution in [3.8, 4) is 0 Å². The van der Waals surface area contributed by atoms with Crippen LogP contribution in [0, 0.1) is 0 Å². The van der Waals surface area contributed by atoms with E-state index in [0.29, 0.717) is 11.1 Å². The molecule has 2 rings (SSSR count). The van der Waals surface area contributed by atoms with Gasteiger partial charge in [-0.05, 0) is 11.1 Å². The Morgan fingerprint density at radius 2 is 0.957 bits per heavy atom. The van der Waals surface area contributed by atoms with Crippen molar-refractivity contribution in [2.24, 2.45) is 0 Å². The van der Waals surface area contributed by atoms with Crippen LogP contribution < -0.4 is 0 Å². The molecule has 0 saturated heterocycles. The number of benzene rings is 2. The van der Waals surface area contributed by atoms with Gasteiger partial charge in [0, 0.05) is 0 Å². The first-order chi connectivity index (χ1) is 10.9. The van der Waals surface area contributed by atoms with Gasteiger partial charge in [-0.1, -0.05) is 60.7 Å². The van der Waals surface area contributed by atoms with Crippen molar-refractivity contribution in [1.29, 1.82) is 0 Å². The van der Waals surface area contributed by atoms with Crippen molar-refractivity contribution >= 4 is 20.2 Å². The van der Waals surface area contributed by atoms with Crippen molar-refractivity contribution in [2.45, 2.75) is 11.5 Å². The van der Waals surface area contributed by atoms with Crippen molar-refractivity contribution < 1.29 is 25.2 Å². The van der Waals surface area contributed by atoms with Gasteiger partial charge in [0.1, 0.15) is 11.5 Å². The molecular formula is C15H16O6S2. The lowest BCUT2D eigenvalue weighted by molar-refractivity contribution is 0.132. The zero-order valence-electron chi connectivity index (χ0n) is 12.2. The van der Waals surface area contributed by atoms with Crippen LogP contribution in [0.25, 0.3) is 0 Å². The quantitative estimate of drug-likeness (QED) is 0.531. The van der Waals surface area contributed by atoms with E-state index in [0.717, 1.165) is 0 Å². The van der Waals surface area contributed by atoms with Crippen LogP contribution in [0.4, 0.5) is 0 Å². The molecule has 124 valence electrons. The van der Waals surface area contributed by atoms with Gasteiger partial charge in [-0.25, -0.2) is 8.37 Å². The Hall–Kier alpha value is -1.74. The van der Waals surface area contributed by atoms with Crippen molar-refractivity contribution in [3.05, 3.63) is 71.8 Å². The summed E-state index contributed by atoms with van der Waals surface area (Å²) in [6.45, 7) is -0.871. The molecule has 2 aromatic rings. The van der Waals surface area contributed by atoms with Crippen molar-refractivity contribution in [1.82, 2.24) is 0 Å². The highest BCUT2D eigenvalue weighted by Crippen LogP contribution is 2.10. The highest BCUT2D eigenvalue weighted by molar-refractivity contribution is 7.86. The molecule has 0 spiro atoms. The highest BCUT2D eigenvalue weighted by atomic mass is 32.2. The molecule has 0 unspecified atom stereocenters. The molecule has 0 aromatic heterocycles. The predicted octanol–water partition coefficient (Wildman–Crippen LogP) is 2.04. The second kappa shape index (κ2) is 7.69. The minimum atomic E-state index is -3.92. The summed E-state index contributed by atoms with van der Waals surface area (Å²) in [5.74, 6) is -0.703. The third-order valence-electron chi connectivity index (χ3n) is 2.83. The summed E-state index contributed by atoms with van der Waals surface area (Å²) >= 11 is 0. The minimum absolute atomic E-state index is 0.351. The summed E-state index contributed by atoms with van der Waals surface area (Å²) in [6.07, 6.45) is 0. The molecule has 0 N–H and O–H groups in total. The van der Waals surface area contributed by atoms with Crippen LogP contribution in [0.15, 0.2) is 60.7 Å². The van der Waals surface area contributed by atoms with Gasteiger partial charge in [0.05, 0.1) is 0 Å². The summed E-state index contributed by atoms with van der Waals surface area (Å²) in [5.41, 5.74) is 1.08. The fraction of sp³-hybridized carbons (Fsp3) is 0.200. The van der Waals surface area contributed by atoms with Crippen LogP contribution in [-0.4, -0.2) is 23.6 Å². The van der Waals surface area contributed by atoms with Crippen LogP contribution in [-0.2, 0) is 40.1 Å². The molecule has 2 aromatic carbocycles. The number of rotatable bonds is 8. The Kier molecular flexibility index (Phi) is 5.89. The molecule has 0 amide bonds. The first-order valence-electron chi connectivity index (χ1n) is 6.68. The lowest BCUT2D eigenvalue weighted by Crippen LogP contribution is -2.16. The van der Waals surface area contributed by atoms with Gasteiger partial charge < -0.3 is 0 Å². The third-order valence-corrected chi connectivity index (χ3v) is 5.11. The summed E-state index contributed by atoms with van der Waals surface area (Å²) in [5, 5.41) is 0. The van der Waals surface area contributed by atoms with Crippen LogP contribution in [0.5, 0.6) is 0 Å². The standard InChI is InChI=1S/C15H16O6S2/c16-22(17,11-14-7-3-1-4-8-14)20-13-21-23(18,19)12-15-9-5-2-6-10-15/h1-10H,11-13H2. The molecule has 6 nitrogen and oxygen atoms in total. The van der Waals surface area contributed by atoms with Gasteiger partial charge in [-0.3, -0.25) is 0 Å². The summed E-state index contributed by atoms with van der Waals surface area (Å²) in [7, 11) is -7.84. The van der Waals surface area contributed by atoms with Gasteiger partial charge in [-0.2, -0.15) is 16.8 Å². The molecule has 0 aliphatic heterocycles. The lowest BCUT2D eigenvalue weighted by Gasteiger charge is -2.07. The summed E-state index contributed by atoms with van der Waals surface area (Å²) in [6, 6.07) is 16.9. The third kappa shape index (κ3) is 6.49. The smallest absolute Gasteiger partial charge is 0.240 e. The van der Waals surface area contributed by atoms with Crippen molar-refractivity contribution in [3.63, 3.8) is 0 Å². The lowest BCUT2D eigenvalue weighted by atomic mass is 10.2. The first-order valence-corrected chi connectivity index (χ1v) is 9.84. The summed E-state index contributed by atoms with van der Waals surface area (Å²) in [4.78, 5) is 0. The molecule has 0 aliphatic carbocycles. The predicted molar refractivity (Wildman–Crippen MR) is 85.2 cm³/mol. The number of hydrogen-bond acceptors (Lipinski definition) is 6. The van der Waals surface area contributed by atoms with E-state index in [9.17, 15) is 16.8 Å². The maximum absolute atomic E-state index is 11.7. The van der Waals surface area contributed by atoms with Gasteiger partial charge in [0.25, 0.3) is 20.2 Å². The van der Waals surface area contributed by atoms with Crippen LogP contribution in [0.2, 0.25) is 0 Å². The van der Waals surface area contributed by atoms with E-state index in [1.54, 1.807) is 60.7 Å². The maximum Gasteiger partial charge on any atom is 0.273 e. The molecular weight excluding hydrogens is 340 g/mol. The van der Waals surface area contributed by atoms with E-state index in [1.165, 1.54) is 0 Å². The fourth-order valence-electron chi connectivity index (χ4n) is 1.81. The average Bonchev–Trinajstić information content (AvgIpc) is 2.47. The zero-order valence-corrected chi connectivity index (χ0v) is 13.8. The van der Waals surface area contributed by atoms with E-state index in [2.05, 4.69) is 8.37 Å². The number of hydrogen-bond donors (Lipinski definition) is 0. The molecule has 8 heteroatoms. The molecule has 0 saturated carbocycles. The SMILES string of the molecule is O=S(=O)(Cc1ccccc1)OCOS(=O)(=O)Cc1ccccc1. The molecule has 0 aliphatic rings. The Balaban J connectivity index is 1.86. The largest absolute Gasteiger partial charge is 0.273 e. The van der Waals surface area contributed by atoms with Crippen LogP contribution >= 0.6 is 0 Å². The van der Waals surface area contributed by atoms with E-state index in [4.69, 9.17) is 0 Å². The molecule has 0 atom stereocenters. The van der Waals surface area contributed by atoms with E-state index < -0.39 is 27.0 Å². The molecule has 0 radical (unpaired) electrons. The topological polar surface area (TPSA) is 86.7 Å². The Bertz CT molecular complexity index is 743. The monoisotopic (exact) mass is 356 g/mol. The van der Waals surface area contributed by atoms with E-state index >= 15 is 0 Å². The highest BCUT2D eigenvalue weighted by Gasteiger charge is 2.17.